The number of anilines is 2. The first-order valence-corrected chi connectivity index (χ1v) is 7.44. The van der Waals surface area contributed by atoms with E-state index >= 15 is 0 Å². The van der Waals surface area contributed by atoms with Crippen molar-refractivity contribution in [1.29, 1.82) is 0 Å². The molecule has 0 aliphatic heterocycles. The van der Waals surface area contributed by atoms with Gasteiger partial charge in [0.25, 0.3) is 0 Å². The van der Waals surface area contributed by atoms with Crippen LogP contribution in [0.3, 0.4) is 0 Å². The average Bonchev–Trinajstić information content (AvgIpc) is 3.03. The lowest BCUT2D eigenvalue weighted by molar-refractivity contribution is 0.185. The van der Waals surface area contributed by atoms with Crippen LogP contribution in [-0.2, 0) is 11.3 Å². The fourth-order valence-corrected chi connectivity index (χ4v) is 2.73. The molecule has 0 saturated carbocycles. The molecule has 2 aromatic heterocycles. The molecule has 21 heavy (non-hydrogen) atoms. The van der Waals surface area contributed by atoms with Gasteiger partial charge in [0.15, 0.2) is 0 Å². The van der Waals surface area contributed by atoms with Crippen LogP contribution in [0.5, 0.6) is 0 Å². The highest BCUT2D eigenvalue weighted by atomic mass is 32.1. The molecule has 3 aromatic rings. The van der Waals surface area contributed by atoms with Gasteiger partial charge in [-0.05, 0) is 29.1 Å². The van der Waals surface area contributed by atoms with Gasteiger partial charge in [0.05, 0.1) is 17.2 Å². The zero-order chi connectivity index (χ0) is 14.5. The van der Waals surface area contributed by atoms with Crippen LogP contribution >= 0.6 is 11.3 Å². The molecule has 0 atom stereocenters. The number of hydrogen-bond donors (Lipinski definition) is 1. The second-order valence-electron chi connectivity index (χ2n) is 4.52. The normalized spacial score (nSPS) is 10.5. The number of nitrogens with zero attached hydrogens (tertiary/aromatic N) is 2. The lowest BCUT2D eigenvalue weighted by atomic mass is 10.2. The number of aromatic nitrogens is 2. The lowest BCUT2D eigenvalue weighted by Crippen LogP contribution is -1.96. The molecule has 1 aromatic carbocycles. The summed E-state index contributed by atoms with van der Waals surface area (Å²) in [7, 11) is 1.69. The molecule has 0 aliphatic carbocycles. The molecule has 2 heterocycles. The maximum atomic E-state index is 5.15. The first kappa shape index (κ1) is 13.7. The first-order valence-electron chi connectivity index (χ1n) is 6.56. The molecule has 1 N–H and O–H groups in total. The van der Waals surface area contributed by atoms with Crippen LogP contribution in [0.1, 0.15) is 5.56 Å². The molecule has 0 spiro atoms. The summed E-state index contributed by atoms with van der Waals surface area (Å²) in [6.45, 7) is 0.597. The highest BCUT2D eigenvalue weighted by molar-refractivity contribution is 7.13. The van der Waals surface area contributed by atoms with Gasteiger partial charge in [0, 0.05) is 18.9 Å². The van der Waals surface area contributed by atoms with Crippen molar-refractivity contribution in [2.75, 3.05) is 12.4 Å². The Morgan fingerprint density at radius 1 is 1.14 bits per heavy atom. The fourth-order valence-electron chi connectivity index (χ4n) is 2.04. The van der Waals surface area contributed by atoms with Crippen molar-refractivity contribution in [2.45, 2.75) is 6.61 Å². The van der Waals surface area contributed by atoms with Crippen molar-refractivity contribution in [1.82, 2.24) is 9.97 Å². The Morgan fingerprint density at radius 3 is 2.90 bits per heavy atom. The molecule has 0 fully saturated rings. The van der Waals surface area contributed by atoms with E-state index in [1.54, 1.807) is 24.8 Å². The Bertz CT molecular complexity index is 713. The van der Waals surface area contributed by atoms with Crippen LogP contribution in [0.15, 0.2) is 54.2 Å². The quantitative estimate of drug-likeness (QED) is 0.770. The summed E-state index contributed by atoms with van der Waals surface area (Å²) in [5.41, 5.74) is 3.03. The van der Waals surface area contributed by atoms with Crippen LogP contribution in [0.2, 0.25) is 0 Å². The number of nitrogens with one attached hydrogen (secondary N) is 1. The molecule has 5 heteroatoms. The number of ether oxygens (including phenoxy) is 1. The van der Waals surface area contributed by atoms with Gasteiger partial charge in [-0.15, -0.1) is 11.3 Å². The van der Waals surface area contributed by atoms with Crippen LogP contribution < -0.4 is 5.32 Å². The number of hydrogen-bond acceptors (Lipinski definition) is 5. The van der Waals surface area contributed by atoms with Gasteiger partial charge in [-0.3, -0.25) is 0 Å². The second kappa shape index (κ2) is 6.47. The van der Waals surface area contributed by atoms with Crippen LogP contribution in [0.4, 0.5) is 11.5 Å². The Balaban J connectivity index is 1.82. The van der Waals surface area contributed by atoms with Crippen LogP contribution in [0, 0.1) is 0 Å². The standard InChI is InChI=1S/C16H15N3OS/c1-20-10-12-4-2-5-13(8-12)19-16-9-14(17-11-18-16)15-6-3-7-21-15/h2-9,11H,10H2,1H3,(H,17,18,19). The van der Waals surface area contributed by atoms with Gasteiger partial charge >= 0.3 is 0 Å². The molecule has 0 unspecified atom stereocenters. The van der Waals surface area contributed by atoms with Gasteiger partial charge < -0.3 is 10.1 Å². The van der Waals surface area contributed by atoms with E-state index in [9.17, 15) is 0 Å². The molecule has 0 saturated heterocycles. The smallest absolute Gasteiger partial charge is 0.134 e. The second-order valence-corrected chi connectivity index (χ2v) is 5.47. The van der Waals surface area contributed by atoms with Crippen molar-refractivity contribution < 1.29 is 4.74 Å². The molecular weight excluding hydrogens is 282 g/mol. The van der Waals surface area contributed by atoms with E-state index in [0.717, 1.165) is 27.6 Å². The summed E-state index contributed by atoms with van der Waals surface area (Å²) in [6, 6.07) is 14.1. The molecule has 4 nitrogen and oxygen atoms in total. The minimum Gasteiger partial charge on any atom is -0.380 e. The maximum absolute atomic E-state index is 5.15. The average molecular weight is 297 g/mol. The number of thiophene rings is 1. The minimum absolute atomic E-state index is 0.597. The van der Waals surface area contributed by atoms with E-state index in [4.69, 9.17) is 4.74 Å². The molecule has 106 valence electrons. The van der Waals surface area contributed by atoms with Crippen molar-refractivity contribution in [3.8, 4) is 10.6 Å². The minimum atomic E-state index is 0.597. The highest BCUT2D eigenvalue weighted by Gasteiger charge is 2.03. The third-order valence-electron chi connectivity index (χ3n) is 2.95. The number of rotatable bonds is 5. The number of methoxy groups -OCH3 is 1. The maximum Gasteiger partial charge on any atom is 0.134 e. The van der Waals surface area contributed by atoms with Crippen LogP contribution in [0.25, 0.3) is 10.6 Å². The third kappa shape index (κ3) is 3.45. The topological polar surface area (TPSA) is 47.0 Å². The van der Waals surface area contributed by atoms with Gasteiger partial charge in [0.2, 0.25) is 0 Å². The monoisotopic (exact) mass is 297 g/mol. The van der Waals surface area contributed by atoms with Crippen LogP contribution in [-0.4, -0.2) is 17.1 Å². The Labute approximate surface area is 127 Å². The van der Waals surface area contributed by atoms with E-state index in [0.29, 0.717) is 6.61 Å². The Hall–Kier alpha value is -2.24. The summed E-state index contributed by atoms with van der Waals surface area (Å²) in [5.74, 6) is 0.781. The largest absolute Gasteiger partial charge is 0.380 e. The van der Waals surface area contributed by atoms with E-state index in [1.807, 2.05) is 35.7 Å². The van der Waals surface area contributed by atoms with E-state index in [2.05, 4.69) is 27.4 Å². The Morgan fingerprint density at radius 2 is 2.10 bits per heavy atom. The van der Waals surface area contributed by atoms with E-state index < -0.39 is 0 Å². The summed E-state index contributed by atoms with van der Waals surface area (Å²) in [4.78, 5) is 9.71. The highest BCUT2D eigenvalue weighted by Crippen LogP contribution is 2.25. The van der Waals surface area contributed by atoms with Crippen molar-refractivity contribution in [3.63, 3.8) is 0 Å². The fraction of sp³-hybridized carbons (Fsp3) is 0.125. The van der Waals surface area contributed by atoms with E-state index in [1.165, 1.54) is 0 Å². The molecule has 0 radical (unpaired) electrons. The zero-order valence-corrected chi connectivity index (χ0v) is 12.4. The van der Waals surface area contributed by atoms with Gasteiger partial charge in [-0.2, -0.15) is 0 Å². The zero-order valence-electron chi connectivity index (χ0n) is 11.6. The molecule has 3 rings (SSSR count). The van der Waals surface area contributed by atoms with Crippen molar-refractivity contribution in [3.05, 3.63) is 59.7 Å². The summed E-state index contributed by atoms with van der Waals surface area (Å²) >= 11 is 1.67. The SMILES string of the molecule is COCc1cccc(Nc2cc(-c3cccs3)ncn2)c1. The third-order valence-corrected chi connectivity index (χ3v) is 3.84. The number of benzene rings is 1. The first-order chi connectivity index (χ1) is 10.3. The Kier molecular flexibility index (Phi) is 4.23. The van der Waals surface area contributed by atoms with Gasteiger partial charge in [0.1, 0.15) is 12.1 Å². The lowest BCUT2D eigenvalue weighted by Gasteiger charge is -2.08. The van der Waals surface area contributed by atoms with E-state index in [-0.39, 0.29) is 0 Å². The van der Waals surface area contributed by atoms with Crippen molar-refractivity contribution >= 4 is 22.8 Å². The predicted molar refractivity (Wildman–Crippen MR) is 85.8 cm³/mol. The summed E-state index contributed by atoms with van der Waals surface area (Å²) < 4.78 is 5.15. The molecular formula is C16H15N3OS. The summed E-state index contributed by atoms with van der Waals surface area (Å²) in [5, 5.41) is 5.34. The molecule has 0 amide bonds. The van der Waals surface area contributed by atoms with Gasteiger partial charge in [-0.25, -0.2) is 9.97 Å². The molecule has 0 bridgehead atoms. The summed E-state index contributed by atoms with van der Waals surface area (Å²) in [6.07, 6.45) is 1.58. The van der Waals surface area contributed by atoms with Gasteiger partial charge in [-0.1, -0.05) is 18.2 Å². The molecule has 0 aliphatic rings. The van der Waals surface area contributed by atoms with Crippen molar-refractivity contribution in [2.24, 2.45) is 0 Å². The predicted octanol–water partition coefficient (Wildman–Crippen LogP) is 4.10.